The summed E-state index contributed by atoms with van der Waals surface area (Å²) in [4.78, 5) is 12.3. The number of hydrogen-bond donors (Lipinski definition) is 1. The minimum atomic E-state index is -0.0130. The molecule has 1 aromatic heterocycles. The zero-order valence-electron chi connectivity index (χ0n) is 13.0. The average molecular weight is 292 g/mol. The zero-order chi connectivity index (χ0) is 15.5. The molecule has 0 amide bonds. The monoisotopic (exact) mass is 292 g/mol. The van der Waals surface area contributed by atoms with Crippen LogP contribution in [0.1, 0.15) is 29.3 Å². The van der Waals surface area contributed by atoms with Gasteiger partial charge in [0.1, 0.15) is 0 Å². The van der Waals surface area contributed by atoms with Crippen LogP contribution in [0.4, 0.5) is 0 Å². The Bertz CT molecular complexity index is 811. The van der Waals surface area contributed by atoms with E-state index < -0.39 is 0 Å². The lowest BCUT2D eigenvalue weighted by Crippen LogP contribution is -2.07. The molecule has 112 valence electrons. The van der Waals surface area contributed by atoms with Crippen LogP contribution in [0.2, 0.25) is 0 Å². The Morgan fingerprint density at radius 1 is 0.955 bits per heavy atom. The summed E-state index contributed by atoms with van der Waals surface area (Å²) in [6.07, 6.45) is 1.69. The molecule has 0 bridgehead atoms. The van der Waals surface area contributed by atoms with Gasteiger partial charge in [0.25, 0.3) is 5.56 Å². The van der Waals surface area contributed by atoms with E-state index in [0.717, 1.165) is 28.9 Å². The van der Waals surface area contributed by atoms with Crippen LogP contribution in [0.25, 0.3) is 5.69 Å². The van der Waals surface area contributed by atoms with Gasteiger partial charge in [0, 0.05) is 17.7 Å². The highest BCUT2D eigenvalue weighted by molar-refractivity contribution is 5.36. The SMILES string of the molecule is CCc1ccc(Cc2c(C)n(-c3ccccc3)[nH]c2=O)cc1. The predicted octanol–water partition coefficient (Wildman–Crippen LogP) is 3.63. The van der Waals surface area contributed by atoms with Gasteiger partial charge in [0.2, 0.25) is 0 Å². The van der Waals surface area contributed by atoms with Crippen LogP contribution in [-0.4, -0.2) is 9.78 Å². The summed E-state index contributed by atoms with van der Waals surface area (Å²) in [5.41, 5.74) is 5.24. The molecule has 2 aromatic carbocycles. The van der Waals surface area contributed by atoms with E-state index in [1.165, 1.54) is 5.56 Å². The Labute approximate surface area is 130 Å². The fourth-order valence-corrected chi connectivity index (χ4v) is 2.69. The van der Waals surface area contributed by atoms with E-state index in [9.17, 15) is 4.79 Å². The van der Waals surface area contributed by atoms with Crippen molar-refractivity contribution in [1.29, 1.82) is 0 Å². The number of aryl methyl sites for hydroxylation is 1. The summed E-state index contributed by atoms with van der Waals surface area (Å²) >= 11 is 0. The normalized spacial score (nSPS) is 10.8. The Morgan fingerprint density at radius 3 is 2.23 bits per heavy atom. The smallest absolute Gasteiger partial charge is 0.268 e. The molecule has 0 saturated carbocycles. The van der Waals surface area contributed by atoms with E-state index in [1.807, 2.05) is 41.9 Å². The summed E-state index contributed by atoms with van der Waals surface area (Å²) in [6.45, 7) is 4.13. The van der Waals surface area contributed by atoms with Crippen molar-refractivity contribution in [3.05, 3.63) is 87.3 Å². The molecule has 0 radical (unpaired) electrons. The molecule has 0 aliphatic heterocycles. The number of para-hydroxylation sites is 1. The van der Waals surface area contributed by atoms with Gasteiger partial charge >= 0.3 is 0 Å². The summed E-state index contributed by atoms with van der Waals surface area (Å²) in [5.74, 6) is 0. The highest BCUT2D eigenvalue weighted by Gasteiger charge is 2.12. The second-order valence-electron chi connectivity index (χ2n) is 5.52. The number of nitrogens with one attached hydrogen (secondary N) is 1. The minimum absolute atomic E-state index is 0.0130. The number of aromatic nitrogens is 2. The molecule has 0 saturated heterocycles. The third kappa shape index (κ3) is 2.75. The highest BCUT2D eigenvalue weighted by atomic mass is 16.1. The Balaban J connectivity index is 1.94. The molecule has 3 aromatic rings. The summed E-state index contributed by atoms with van der Waals surface area (Å²) < 4.78 is 1.86. The zero-order valence-corrected chi connectivity index (χ0v) is 13.0. The first-order valence-corrected chi connectivity index (χ1v) is 7.62. The summed E-state index contributed by atoms with van der Waals surface area (Å²) in [6, 6.07) is 18.4. The number of hydrogen-bond acceptors (Lipinski definition) is 1. The predicted molar refractivity (Wildman–Crippen MR) is 89.8 cm³/mol. The van der Waals surface area contributed by atoms with Crippen LogP contribution >= 0.6 is 0 Å². The number of rotatable bonds is 4. The molecule has 3 nitrogen and oxygen atoms in total. The lowest BCUT2D eigenvalue weighted by molar-refractivity contribution is 0.833. The van der Waals surface area contributed by atoms with E-state index in [-0.39, 0.29) is 5.56 Å². The van der Waals surface area contributed by atoms with Crippen LogP contribution < -0.4 is 5.56 Å². The van der Waals surface area contributed by atoms with Crippen LogP contribution in [0.15, 0.2) is 59.4 Å². The van der Waals surface area contributed by atoms with Gasteiger partial charge in [-0.3, -0.25) is 14.6 Å². The van der Waals surface area contributed by atoms with Gasteiger partial charge in [-0.15, -0.1) is 0 Å². The summed E-state index contributed by atoms with van der Waals surface area (Å²) in [5, 5.41) is 2.93. The fourth-order valence-electron chi connectivity index (χ4n) is 2.69. The molecule has 0 atom stereocenters. The first-order valence-electron chi connectivity index (χ1n) is 7.62. The number of nitrogens with zero attached hydrogens (tertiary/aromatic N) is 1. The van der Waals surface area contributed by atoms with Crippen molar-refractivity contribution in [3.8, 4) is 5.69 Å². The number of aromatic amines is 1. The molecule has 22 heavy (non-hydrogen) atoms. The first kappa shape index (κ1) is 14.4. The maximum atomic E-state index is 12.3. The highest BCUT2D eigenvalue weighted by Crippen LogP contribution is 2.15. The maximum absolute atomic E-state index is 12.3. The number of benzene rings is 2. The molecule has 0 aliphatic rings. The van der Waals surface area contributed by atoms with Crippen LogP contribution in [0.5, 0.6) is 0 Å². The molecule has 1 N–H and O–H groups in total. The lowest BCUT2D eigenvalue weighted by Gasteiger charge is -2.06. The molecule has 0 fully saturated rings. The molecule has 1 heterocycles. The molecule has 0 aliphatic carbocycles. The standard InChI is InChI=1S/C19H20N2O/c1-3-15-9-11-16(12-10-15)13-18-14(2)21(20-19(18)22)17-7-5-4-6-8-17/h4-12H,3,13H2,1-2H3,(H,20,22). The third-order valence-corrected chi connectivity index (χ3v) is 4.09. The molecule has 0 unspecified atom stereocenters. The van der Waals surface area contributed by atoms with Crippen LogP contribution in [0.3, 0.4) is 0 Å². The van der Waals surface area contributed by atoms with Gasteiger partial charge in [-0.25, -0.2) is 0 Å². The third-order valence-electron chi connectivity index (χ3n) is 4.09. The Hall–Kier alpha value is -2.55. The van der Waals surface area contributed by atoms with Gasteiger partial charge in [-0.05, 0) is 36.6 Å². The van der Waals surface area contributed by atoms with E-state index in [0.29, 0.717) is 6.42 Å². The van der Waals surface area contributed by atoms with E-state index in [4.69, 9.17) is 0 Å². The van der Waals surface area contributed by atoms with Crippen molar-refractivity contribution in [2.45, 2.75) is 26.7 Å². The average Bonchev–Trinajstić information content (AvgIpc) is 2.84. The van der Waals surface area contributed by atoms with Crippen molar-refractivity contribution in [2.75, 3.05) is 0 Å². The van der Waals surface area contributed by atoms with Gasteiger partial charge in [-0.2, -0.15) is 0 Å². The molecular weight excluding hydrogens is 272 g/mol. The fraction of sp³-hybridized carbons (Fsp3) is 0.211. The second kappa shape index (κ2) is 6.06. The Kier molecular flexibility index (Phi) is 3.96. The van der Waals surface area contributed by atoms with Crippen LogP contribution in [0, 0.1) is 6.92 Å². The molecule has 3 rings (SSSR count). The van der Waals surface area contributed by atoms with Gasteiger partial charge in [0.15, 0.2) is 0 Å². The van der Waals surface area contributed by atoms with E-state index >= 15 is 0 Å². The van der Waals surface area contributed by atoms with Crippen molar-refractivity contribution < 1.29 is 0 Å². The lowest BCUT2D eigenvalue weighted by atomic mass is 10.0. The summed E-state index contributed by atoms with van der Waals surface area (Å²) in [7, 11) is 0. The Morgan fingerprint density at radius 2 is 1.59 bits per heavy atom. The van der Waals surface area contributed by atoms with Gasteiger partial charge in [0.05, 0.1) is 5.69 Å². The van der Waals surface area contributed by atoms with E-state index in [1.54, 1.807) is 0 Å². The minimum Gasteiger partial charge on any atom is -0.268 e. The van der Waals surface area contributed by atoms with Crippen molar-refractivity contribution in [3.63, 3.8) is 0 Å². The van der Waals surface area contributed by atoms with Crippen molar-refractivity contribution in [2.24, 2.45) is 0 Å². The van der Waals surface area contributed by atoms with Crippen molar-refractivity contribution >= 4 is 0 Å². The maximum Gasteiger partial charge on any atom is 0.268 e. The topological polar surface area (TPSA) is 37.8 Å². The van der Waals surface area contributed by atoms with Crippen molar-refractivity contribution in [1.82, 2.24) is 9.78 Å². The first-order chi connectivity index (χ1) is 10.7. The quantitative estimate of drug-likeness (QED) is 0.783. The van der Waals surface area contributed by atoms with E-state index in [2.05, 4.69) is 36.3 Å². The molecular formula is C19H20N2O. The van der Waals surface area contributed by atoms with Gasteiger partial charge in [-0.1, -0.05) is 49.4 Å². The van der Waals surface area contributed by atoms with Crippen LogP contribution in [-0.2, 0) is 12.8 Å². The molecule has 3 heteroatoms. The van der Waals surface area contributed by atoms with Gasteiger partial charge < -0.3 is 0 Å². The molecule has 0 spiro atoms. The number of H-pyrrole nitrogens is 1. The largest absolute Gasteiger partial charge is 0.268 e. The second-order valence-corrected chi connectivity index (χ2v) is 5.52.